The minimum atomic E-state index is -0.233. The molecule has 1 heterocycles. The van der Waals surface area contributed by atoms with Crippen molar-refractivity contribution < 1.29 is 14.4 Å². The van der Waals surface area contributed by atoms with Crippen LogP contribution in [0.2, 0.25) is 0 Å². The molecule has 3 amide bonds. The normalized spacial score (nSPS) is 15.8. The van der Waals surface area contributed by atoms with Gasteiger partial charge in [0.05, 0.1) is 17.9 Å². The van der Waals surface area contributed by atoms with Gasteiger partial charge in [-0.2, -0.15) is 10.1 Å². The quantitative estimate of drug-likeness (QED) is 0.719. The Bertz CT molecular complexity index is 973. The molecule has 0 bridgehead atoms. The van der Waals surface area contributed by atoms with Gasteiger partial charge in [-0.1, -0.05) is 24.3 Å². The molecule has 2 aromatic carbocycles. The molecule has 0 spiro atoms. The Morgan fingerprint density at radius 1 is 1.07 bits per heavy atom. The van der Waals surface area contributed by atoms with Crippen LogP contribution < -0.4 is 15.6 Å². The zero-order chi connectivity index (χ0) is 20.2. The van der Waals surface area contributed by atoms with Crippen LogP contribution in [-0.2, 0) is 14.4 Å². The molecule has 0 unspecified atom stereocenters. The lowest BCUT2D eigenvalue weighted by molar-refractivity contribution is -0.118. The summed E-state index contributed by atoms with van der Waals surface area (Å²) < 4.78 is 0. The molecule has 148 valence electrons. The molecule has 0 radical (unpaired) electrons. The largest absolute Gasteiger partial charge is 0.326 e. The molecule has 7 nitrogen and oxygen atoms in total. The number of nitrogens with one attached hydrogen (secondary N) is 2. The van der Waals surface area contributed by atoms with E-state index in [1.54, 1.807) is 12.1 Å². The van der Waals surface area contributed by atoms with Gasteiger partial charge in [-0.25, -0.2) is 0 Å². The second-order valence-corrected chi connectivity index (χ2v) is 7.94. The molecule has 1 aliphatic heterocycles. The molecule has 8 heteroatoms. The number of carbonyl (C=O) groups excluding carboxylic acids is 3. The van der Waals surface area contributed by atoms with Gasteiger partial charge in [0.25, 0.3) is 5.91 Å². The molecule has 0 aromatic heterocycles. The SMILES string of the molecule is O=C(CSc1cccc(NC(=O)C2CC2)c1)NC1=NN(c2ccccc2)C(=O)C1. The van der Waals surface area contributed by atoms with Crippen LogP contribution in [0.4, 0.5) is 11.4 Å². The Morgan fingerprint density at radius 3 is 2.62 bits per heavy atom. The van der Waals surface area contributed by atoms with E-state index in [-0.39, 0.29) is 35.8 Å². The summed E-state index contributed by atoms with van der Waals surface area (Å²) in [6, 6.07) is 16.5. The summed E-state index contributed by atoms with van der Waals surface area (Å²) in [5.74, 6) is 0.301. The highest BCUT2D eigenvalue weighted by atomic mass is 32.2. The zero-order valence-electron chi connectivity index (χ0n) is 15.6. The van der Waals surface area contributed by atoms with Crippen molar-refractivity contribution in [3.8, 4) is 0 Å². The molecule has 2 aromatic rings. The van der Waals surface area contributed by atoms with Gasteiger partial charge in [0, 0.05) is 16.5 Å². The molecule has 2 N–H and O–H groups in total. The van der Waals surface area contributed by atoms with Crippen LogP contribution >= 0.6 is 11.8 Å². The van der Waals surface area contributed by atoms with Crippen molar-refractivity contribution in [2.24, 2.45) is 11.0 Å². The zero-order valence-corrected chi connectivity index (χ0v) is 16.4. The fourth-order valence-electron chi connectivity index (χ4n) is 2.87. The maximum absolute atomic E-state index is 12.3. The Hall–Kier alpha value is -3.13. The third kappa shape index (κ3) is 5.03. The molecular weight excluding hydrogens is 388 g/mol. The first-order valence-electron chi connectivity index (χ1n) is 9.37. The summed E-state index contributed by atoms with van der Waals surface area (Å²) in [6.07, 6.45) is 1.97. The van der Waals surface area contributed by atoms with E-state index >= 15 is 0 Å². The van der Waals surface area contributed by atoms with E-state index in [2.05, 4.69) is 15.7 Å². The number of hydrogen-bond donors (Lipinski definition) is 2. The van der Waals surface area contributed by atoms with Crippen molar-refractivity contribution in [2.45, 2.75) is 24.2 Å². The molecule has 1 fully saturated rings. The van der Waals surface area contributed by atoms with Crippen molar-refractivity contribution in [1.29, 1.82) is 0 Å². The molecule has 1 saturated carbocycles. The Kier molecular flexibility index (Phi) is 5.62. The number of hydrazone groups is 1. The van der Waals surface area contributed by atoms with Crippen LogP contribution in [0.25, 0.3) is 0 Å². The van der Waals surface area contributed by atoms with Gasteiger partial charge in [0.2, 0.25) is 11.8 Å². The molecule has 4 rings (SSSR count). The van der Waals surface area contributed by atoms with Crippen molar-refractivity contribution in [2.75, 3.05) is 16.1 Å². The monoisotopic (exact) mass is 408 g/mol. The number of para-hydroxylation sites is 1. The second-order valence-electron chi connectivity index (χ2n) is 6.89. The van der Waals surface area contributed by atoms with Crippen LogP contribution in [0, 0.1) is 5.92 Å². The lowest BCUT2D eigenvalue weighted by Gasteiger charge is -2.10. The van der Waals surface area contributed by atoms with E-state index in [1.165, 1.54) is 16.8 Å². The van der Waals surface area contributed by atoms with Crippen LogP contribution in [0.5, 0.6) is 0 Å². The fourth-order valence-corrected chi connectivity index (χ4v) is 3.62. The third-order valence-electron chi connectivity index (χ3n) is 4.48. The molecule has 29 heavy (non-hydrogen) atoms. The number of amidine groups is 1. The Morgan fingerprint density at radius 2 is 1.86 bits per heavy atom. The smallest absolute Gasteiger partial charge is 0.255 e. The first-order chi connectivity index (χ1) is 14.1. The average molecular weight is 408 g/mol. The molecule has 2 aliphatic rings. The highest BCUT2D eigenvalue weighted by molar-refractivity contribution is 8.00. The summed E-state index contributed by atoms with van der Waals surface area (Å²) in [4.78, 5) is 37.2. The van der Waals surface area contributed by atoms with Crippen LogP contribution in [0.3, 0.4) is 0 Å². The van der Waals surface area contributed by atoms with Gasteiger partial charge < -0.3 is 10.6 Å². The number of anilines is 2. The molecular formula is C21H20N4O3S. The van der Waals surface area contributed by atoms with Gasteiger partial charge >= 0.3 is 0 Å². The van der Waals surface area contributed by atoms with Gasteiger partial charge in [-0.15, -0.1) is 11.8 Å². The van der Waals surface area contributed by atoms with E-state index < -0.39 is 0 Å². The van der Waals surface area contributed by atoms with E-state index in [9.17, 15) is 14.4 Å². The van der Waals surface area contributed by atoms with Gasteiger partial charge in [-0.3, -0.25) is 14.4 Å². The third-order valence-corrected chi connectivity index (χ3v) is 5.47. The summed E-state index contributed by atoms with van der Waals surface area (Å²) >= 11 is 1.36. The summed E-state index contributed by atoms with van der Waals surface area (Å²) in [6.45, 7) is 0. The Labute approximate surface area is 172 Å². The van der Waals surface area contributed by atoms with Crippen LogP contribution in [-0.4, -0.2) is 29.3 Å². The summed E-state index contributed by atoms with van der Waals surface area (Å²) in [5.41, 5.74) is 1.40. The van der Waals surface area contributed by atoms with Crippen LogP contribution in [0.15, 0.2) is 64.6 Å². The van der Waals surface area contributed by atoms with Crippen molar-refractivity contribution >= 4 is 46.7 Å². The maximum atomic E-state index is 12.3. The average Bonchev–Trinajstić information content (AvgIpc) is 3.51. The number of amides is 3. The number of benzene rings is 2. The van der Waals surface area contributed by atoms with E-state index in [4.69, 9.17) is 0 Å². The topological polar surface area (TPSA) is 90.9 Å². The first kappa shape index (κ1) is 19.2. The van der Waals surface area contributed by atoms with Gasteiger partial charge in [-0.05, 0) is 43.2 Å². The van der Waals surface area contributed by atoms with E-state index in [1.807, 2.05) is 42.5 Å². The molecule has 0 atom stereocenters. The van der Waals surface area contributed by atoms with Gasteiger partial charge in [0.1, 0.15) is 5.84 Å². The summed E-state index contributed by atoms with van der Waals surface area (Å²) in [7, 11) is 0. The minimum absolute atomic E-state index is 0.0526. The number of rotatable bonds is 6. The van der Waals surface area contributed by atoms with Crippen molar-refractivity contribution in [1.82, 2.24) is 5.32 Å². The number of nitrogens with zero attached hydrogens (tertiary/aromatic N) is 2. The maximum Gasteiger partial charge on any atom is 0.255 e. The lowest BCUT2D eigenvalue weighted by Crippen LogP contribution is -2.31. The number of thioether (sulfide) groups is 1. The number of carbonyl (C=O) groups is 3. The van der Waals surface area contributed by atoms with Gasteiger partial charge in [0.15, 0.2) is 0 Å². The fraction of sp³-hybridized carbons (Fsp3) is 0.238. The first-order valence-corrected chi connectivity index (χ1v) is 10.4. The van der Waals surface area contributed by atoms with E-state index in [0.717, 1.165) is 23.4 Å². The predicted molar refractivity (Wildman–Crippen MR) is 113 cm³/mol. The van der Waals surface area contributed by atoms with Crippen molar-refractivity contribution in [3.63, 3.8) is 0 Å². The standard InChI is InChI=1S/C21H20N4O3S/c26-19(23-18-12-20(27)25(24-18)16-6-2-1-3-7-16)13-29-17-8-4-5-15(11-17)22-21(28)14-9-10-14/h1-8,11,14H,9-10,12-13H2,(H,22,28)(H,23,24,26). The van der Waals surface area contributed by atoms with Crippen LogP contribution in [0.1, 0.15) is 19.3 Å². The minimum Gasteiger partial charge on any atom is -0.326 e. The highest BCUT2D eigenvalue weighted by Gasteiger charge is 2.29. The summed E-state index contributed by atoms with van der Waals surface area (Å²) in [5, 5.41) is 11.1. The lowest BCUT2D eigenvalue weighted by atomic mass is 10.3. The second kappa shape index (κ2) is 8.48. The predicted octanol–water partition coefficient (Wildman–Crippen LogP) is 2.99. The highest BCUT2D eigenvalue weighted by Crippen LogP contribution is 2.30. The Balaban J connectivity index is 1.30. The molecule has 0 saturated heterocycles. The number of hydrogen-bond acceptors (Lipinski definition) is 5. The molecule has 1 aliphatic carbocycles. The van der Waals surface area contributed by atoms with Crippen molar-refractivity contribution in [3.05, 3.63) is 54.6 Å². The van der Waals surface area contributed by atoms with E-state index in [0.29, 0.717) is 11.5 Å².